The zero-order chi connectivity index (χ0) is 26.4. The normalized spacial score (nSPS) is 18.8. The molecule has 2 aliphatic rings. The van der Waals surface area contributed by atoms with Gasteiger partial charge in [-0.05, 0) is 56.4 Å². The predicted molar refractivity (Wildman–Crippen MR) is 128 cm³/mol. The first-order valence-electron chi connectivity index (χ1n) is 10.8. The first-order valence-corrected chi connectivity index (χ1v) is 11.2. The predicted octanol–water partition coefficient (Wildman–Crippen LogP) is 3.77. The zero-order valence-electron chi connectivity index (χ0n) is 19.5. The Balaban J connectivity index is 1.67. The third-order valence-corrected chi connectivity index (χ3v) is 6.32. The smallest absolute Gasteiger partial charge is 0.417 e. The molecule has 2 aliphatic heterocycles. The van der Waals surface area contributed by atoms with Gasteiger partial charge in [-0.2, -0.15) is 18.4 Å². The highest BCUT2D eigenvalue weighted by molar-refractivity contribution is 7.81. The number of alkyl halides is 3. The number of anilines is 2. The molecule has 0 unspecified atom stereocenters. The molecule has 36 heavy (non-hydrogen) atoms. The topological polar surface area (TPSA) is 94.9 Å². The van der Waals surface area contributed by atoms with Gasteiger partial charge in [-0.1, -0.05) is 0 Å². The van der Waals surface area contributed by atoms with Crippen molar-refractivity contribution < 1.29 is 32.2 Å². The van der Waals surface area contributed by atoms with E-state index in [2.05, 4.69) is 5.32 Å². The monoisotopic (exact) mass is 518 g/mol. The van der Waals surface area contributed by atoms with Gasteiger partial charge < -0.3 is 19.7 Å². The van der Waals surface area contributed by atoms with Crippen molar-refractivity contribution in [2.45, 2.75) is 38.1 Å². The van der Waals surface area contributed by atoms with Gasteiger partial charge in [0.15, 0.2) is 16.6 Å². The molecule has 1 atom stereocenters. The van der Waals surface area contributed by atoms with E-state index in [0.29, 0.717) is 17.2 Å². The molecule has 4 rings (SSSR count). The highest BCUT2D eigenvalue weighted by atomic mass is 32.1. The van der Waals surface area contributed by atoms with E-state index < -0.39 is 34.9 Å². The fourth-order valence-corrected chi connectivity index (χ4v) is 4.63. The number of rotatable bonds is 4. The summed E-state index contributed by atoms with van der Waals surface area (Å²) in [6.45, 7) is 3.34. The number of amides is 2. The van der Waals surface area contributed by atoms with Gasteiger partial charge in [0.2, 0.25) is 5.91 Å². The Kier molecular flexibility index (Phi) is 6.30. The summed E-state index contributed by atoms with van der Waals surface area (Å²) in [4.78, 5) is 27.5. The number of halogens is 3. The van der Waals surface area contributed by atoms with Crippen LogP contribution < -0.4 is 24.6 Å². The summed E-state index contributed by atoms with van der Waals surface area (Å²) in [5.41, 5.74) is -2.57. The van der Waals surface area contributed by atoms with Crippen LogP contribution in [0, 0.1) is 11.3 Å². The number of nitriles is 1. The molecule has 2 aromatic carbocycles. The largest absolute Gasteiger partial charge is 0.486 e. The summed E-state index contributed by atoms with van der Waals surface area (Å²) in [5, 5.41) is 11.6. The molecule has 2 amide bonds. The fraction of sp³-hybridized carbons (Fsp3) is 0.333. The van der Waals surface area contributed by atoms with E-state index in [4.69, 9.17) is 27.0 Å². The Morgan fingerprint density at radius 1 is 1.22 bits per heavy atom. The first kappa shape index (κ1) is 25.2. The minimum atomic E-state index is -4.79. The van der Waals surface area contributed by atoms with E-state index >= 15 is 0 Å². The standard InChI is InChI=1S/C24H21F3N4O4S/c1-23(2)21(33)30(14-5-4-13(11-28)17(8-14)24(25,26)27)22(36)31(23)15-6-7-18-19(9-15)34-12-16(35-18)10-20(32)29-3/h4-9,16H,10,12H2,1-3H3,(H,29,32)/t16-/m0/s1. The van der Waals surface area contributed by atoms with Crippen molar-refractivity contribution in [3.63, 3.8) is 0 Å². The molecule has 0 aliphatic carbocycles. The van der Waals surface area contributed by atoms with Gasteiger partial charge in [0.25, 0.3) is 5.91 Å². The lowest BCUT2D eigenvalue weighted by atomic mass is 10.0. The fourth-order valence-electron chi connectivity index (χ4n) is 4.11. The number of carbonyl (C=O) groups is 2. The Morgan fingerprint density at radius 3 is 2.56 bits per heavy atom. The van der Waals surface area contributed by atoms with Crippen LogP contribution in [-0.4, -0.2) is 42.2 Å². The molecule has 1 saturated heterocycles. The SMILES string of the molecule is CNC(=O)C[C@H]1COc2cc(N3C(=S)N(c4ccc(C#N)c(C(F)(F)F)c4)C(=O)C3(C)C)ccc2O1. The molecule has 0 spiro atoms. The van der Waals surface area contributed by atoms with Gasteiger partial charge in [-0.15, -0.1) is 0 Å². The first-order chi connectivity index (χ1) is 16.9. The van der Waals surface area contributed by atoms with Crippen molar-refractivity contribution in [2.75, 3.05) is 23.5 Å². The maximum Gasteiger partial charge on any atom is 0.417 e. The van der Waals surface area contributed by atoms with Crippen LogP contribution in [0.2, 0.25) is 0 Å². The quantitative estimate of drug-likeness (QED) is 0.616. The highest BCUT2D eigenvalue weighted by Crippen LogP contribution is 2.42. The van der Waals surface area contributed by atoms with Gasteiger partial charge in [-0.25, -0.2) is 0 Å². The number of fused-ring (bicyclic) bond motifs is 1. The second-order valence-corrected chi connectivity index (χ2v) is 9.08. The molecule has 188 valence electrons. The Hall–Kier alpha value is -3.85. The average Bonchev–Trinajstić information content (AvgIpc) is 3.01. The molecular formula is C24H21F3N4O4S. The molecule has 0 saturated carbocycles. The maximum atomic E-state index is 13.5. The van der Waals surface area contributed by atoms with Gasteiger partial charge >= 0.3 is 6.18 Å². The summed E-state index contributed by atoms with van der Waals surface area (Å²) in [7, 11) is 1.53. The number of hydrogen-bond donors (Lipinski definition) is 1. The molecular weight excluding hydrogens is 497 g/mol. The summed E-state index contributed by atoms with van der Waals surface area (Å²) >= 11 is 5.55. The molecule has 1 N–H and O–H groups in total. The van der Waals surface area contributed by atoms with Crippen molar-refractivity contribution in [2.24, 2.45) is 0 Å². The van der Waals surface area contributed by atoms with E-state index in [-0.39, 0.29) is 29.7 Å². The van der Waals surface area contributed by atoms with Gasteiger partial charge in [0, 0.05) is 18.8 Å². The summed E-state index contributed by atoms with van der Waals surface area (Å²) in [6, 6.07) is 9.44. The summed E-state index contributed by atoms with van der Waals surface area (Å²) in [5.74, 6) is 0.0589. The van der Waals surface area contributed by atoms with Crippen LogP contribution in [0.5, 0.6) is 11.5 Å². The summed E-state index contributed by atoms with van der Waals surface area (Å²) in [6.07, 6.45) is -5.13. The lowest BCUT2D eigenvalue weighted by Crippen LogP contribution is -2.44. The second kappa shape index (κ2) is 8.98. The molecule has 0 bridgehead atoms. The van der Waals surface area contributed by atoms with Crippen LogP contribution in [0.1, 0.15) is 31.4 Å². The van der Waals surface area contributed by atoms with Gasteiger partial charge in [0.05, 0.1) is 29.3 Å². The van der Waals surface area contributed by atoms with Crippen LogP contribution in [0.3, 0.4) is 0 Å². The highest BCUT2D eigenvalue weighted by Gasteiger charge is 2.51. The van der Waals surface area contributed by atoms with Crippen molar-refractivity contribution in [3.05, 3.63) is 47.5 Å². The Morgan fingerprint density at radius 2 is 1.92 bits per heavy atom. The lowest BCUT2D eigenvalue weighted by molar-refractivity contribution is -0.137. The van der Waals surface area contributed by atoms with E-state index in [1.165, 1.54) is 24.1 Å². The molecule has 0 radical (unpaired) electrons. The van der Waals surface area contributed by atoms with Crippen molar-refractivity contribution >= 4 is 40.5 Å². The molecule has 1 fully saturated rings. The number of nitrogens with zero attached hydrogens (tertiary/aromatic N) is 3. The third kappa shape index (κ3) is 4.30. The number of hydrogen-bond acceptors (Lipinski definition) is 6. The van der Waals surface area contributed by atoms with Crippen LogP contribution in [0.25, 0.3) is 0 Å². The number of thiocarbonyl (C=S) groups is 1. The minimum absolute atomic E-state index is 0.0306. The minimum Gasteiger partial charge on any atom is -0.486 e. The molecule has 8 nitrogen and oxygen atoms in total. The number of benzene rings is 2. The average molecular weight is 519 g/mol. The zero-order valence-corrected chi connectivity index (χ0v) is 20.3. The Bertz CT molecular complexity index is 1310. The lowest BCUT2D eigenvalue weighted by Gasteiger charge is -2.31. The van der Waals surface area contributed by atoms with E-state index in [9.17, 15) is 22.8 Å². The second-order valence-electron chi connectivity index (χ2n) is 8.72. The van der Waals surface area contributed by atoms with Gasteiger partial charge in [0.1, 0.15) is 18.2 Å². The van der Waals surface area contributed by atoms with Crippen molar-refractivity contribution in [3.8, 4) is 17.6 Å². The number of nitrogens with one attached hydrogen (secondary N) is 1. The molecule has 12 heteroatoms. The molecule has 2 heterocycles. The number of carbonyl (C=O) groups excluding carboxylic acids is 2. The number of ether oxygens (including phenoxy) is 2. The molecule has 2 aromatic rings. The third-order valence-electron chi connectivity index (χ3n) is 5.95. The molecule has 0 aromatic heterocycles. The van der Waals surface area contributed by atoms with Crippen LogP contribution in [0.4, 0.5) is 24.5 Å². The van der Waals surface area contributed by atoms with Crippen LogP contribution in [0.15, 0.2) is 36.4 Å². The van der Waals surface area contributed by atoms with E-state index in [1.807, 2.05) is 0 Å². The Labute approximate surface area is 210 Å². The van der Waals surface area contributed by atoms with Crippen molar-refractivity contribution in [1.29, 1.82) is 5.26 Å². The van der Waals surface area contributed by atoms with Crippen LogP contribution in [-0.2, 0) is 15.8 Å². The van der Waals surface area contributed by atoms with Crippen molar-refractivity contribution in [1.82, 2.24) is 5.32 Å². The maximum absolute atomic E-state index is 13.5. The summed E-state index contributed by atoms with van der Waals surface area (Å²) < 4.78 is 52.2. The van der Waals surface area contributed by atoms with Gasteiger partial charge in [-0.3, -0.25) is 14.5 Å². The van der Waals surface area contributed by atoms with E-state index in [0.717, 1.165) is 17.0 Å². The van der Waals surface area contributed by atoms with E-state index in [1.54, 1.807) is 32.0 Å². The van der Waals surface area contributed by atoms with Crippen LogP contribution >= 0.6 is 12.2 Å².